The molecule has 0 N–H and O–H groups in total. The molecule has 0 unspecified atom stereocenters. The predicted molar refractivity (Wildman–Crippen MR) is 111 cm³/mol. The van der Waals surface area contributed by atoms with Crippen LogP contribution in [0.3, 0.4) is 0 Å². The molecule has 0 atom stereocenters. The van der Waals surface area contributed by atoms with E-state index in [1.165, 1.54) is 46.4 Å². The van der Waals surface area contributed by atoms with E-state index in [0.29, 0.717) is 0 Å². The molecule has 1 aliphatic rings. The predicted octanol–water partition coefficient (Wildman–Crippen LogP) is 6.07. The fourth-order valence-corrected chi connectivity index (χ4v) is 4.31. The van der Waals surface area contributed by atoms with Crippen LogP contribution in [0.5, 0.6) is 5.75 Å². The van der Waals surface area contributed by atoms with Gasteiger partial charge in [-0.2, -0.15) is 0 Å². The summed E-state index contributed by atoms with van der Waals surface area (Å²) < 4.78 is 10.1. The van der Waals surface area contributed by atoms with Crippen LogP contribution in [0.25, 0.3) is 28.0 Å². The molecule has 2 aromatic heterocycles. The van der Waals surface area contributed by atoms with E-state index < -0.39 is 0 Å². The van der Waals surface area contributed by atoms with Crippen molar-refractivity contribution in [3.63, 3.8) is 0 Å². The lowest BCUT2D eigenvalue weighted by Gasteiger charge is -2.09. The lowest BCUT2D eigenvalue weighted by Crippen LogP contribution is -1.99. The van der Waals surface area contributed by atoms with Crippen LogP contribution in [0, 0.1) is 0 Å². The largest absolute Gasteiger partial charge is 0.497 e. The number of hydrogen-bond donors (Lipinski definition) is 0. The molecule has 0 amide bonds. The molecular formula is C23H21ClN2O. The maximum atomic E-state index is 6.08. The van der Waals surface area contributed by atoms with Gasteiger partial charge in [0.05, 0.1) is 12.8 Å². The van der Waals surface area contributed by atoms with Crippen LogP contribution in [0.4, 0.5) is 0 Å². The first-order valence-electron chi connectivity index (χ1n) is 9.38. The molecule has 4 heteroatoms. The minimum Gasteiger partial charge on any atom is -0.497 e. The van der Waals surface area contributed by atoms with Gasteiger partial charge >= 0.3 is 0 Å². The Morgan fingerprint density at radius 1 is 0.889 bits per heavy atom. The number of halogens is 1. The molecule has 5 rings (SSSR count). The van der Waals surface area contributed by atoms with Crippen molar-refractivity contribution in [2.45, 2.75) is 25.8 Å². The van der Waals surface area contributed by atoms with Crippen molar-refractivity contribution < 1.29 is 4.74 Å². The van der Waals surface area contributed by atoms with Crippen LogP contribution in [0.1, 0.15) is 18.4 Å². The molecular weight excluding hydrogens is 356 g/mol. The molecule has 0 saturated heterocycles. The third-order valence-electron chi connectivity index (χ3n) is 5.52. The number of imidazole rings is 1. The molecule has 0 aliphatic carbocycles. The average Bonchev–Trinajstić information content (AvgIpc) is 3.13. The standard InChI is InChI=1S/C23H21ClN2O/c1-27-19-11-7-17(8-12-19)22-15-25-14-21(16-5-9-18(24)10-6-16)20-4-2-3-13-26(22)23(20)25/h5-12,14-15H,2-4,13H2,1H3. The van der Waals surface area contributed by atoms with E-state index in [1.54, 1.807) is 7.11 Å². The number of nitrogens with zero attached hydrogens (tertiary/aromatic N) is 2. The van der Waals surface area contributed by atoms with Gasteiger partial charge < -0.3 is 13.7 Å². The van der Waals surface area contributed by atoms with Gasteiger partial charge in [0, 0.05) is 35.1 Å². The highest BCUT2D eigenvalue weighted by atomic mass is 35.5. The highest BCUT2D eigenvalue weighted by molar-refractivity contribution is 6.30. The molecule has 4 aromatic rings. The zero-order chi connectivity index (χ0) is 18.4. The number of aryl methyl sites for hydroxylation is 2. The van der Waals surface area contributed by atoms with Gasteiger partial charge in [0.1, 0.15) is 11.4 Å². The Bertz CT molecular complexity index is 1100. The maximum Gasteiger partial charge on any atom is 0.121 e. The smallest absolute Gasteiger partial charge is 0.121 e. The van der Waals surface area contributed by atoms with Crippen molar-refractivity contribution in [3.05, 3.63) is 71.5 Å². The Balaban J connectivity index is 1.68. The summed E-state index contributed by atoms with van der Waals surface area (Å²) in [7, 11) is 1.70. The minimum atomic E-state index is 0.777. The summed E-state index contributed by atoms with van der Waals surface area (Å²) in [6.45, 7) is 1.05. The number of ether oxygens (including phenoxy) is 1. The SMILES string of the molecule is COc1ccc(-c2cn3cc(-c4ccc(Cl)cc4)c4c3n2CCCC4)cc1. The molecule has 1 aliphatic heterocycles. The molecule has 0 bridgehead atoms. The van der Waals surface area contributed by atoms with E-state index in [2.05, 4.69) is 45.6 Å². The van der Waals surface area contributed by atoms with E-state index >= 15 is 0 Å². The summed E-state index contributed by atoms with van der Waals surface area (Å²) in [4.78, 5) is 0. The summed E-state index contributed by atoms with van der Waals surface area (Å²) in [5.74, 6) is 0.888. The topological polar surface area (TPSA) is 18.6 Å². The van der Waals surface area contributed by atoms with Crippen LogP contribution in [0.2, 0.25) is 5.02 Å². The number of hydrogen-bond acceptors (Lipinski definition) is 1. The normalized spacial score (nSPS) is 13.7. The Labute approximate surface area is 163 Å². The number of methoxy groups -OCH3 is 1. The Morgan fingerprint density at radius 3 is 2.37 bits per heavy atom. The van der Waals surface area contributed by atoms with Gasteiger partial charge in [-0.25, -0.2) is 0 Å². The van der Waals surface area contributed by atoms with Crippen molar-refractivity contribution in [1.29, 1.82) is 0 Å². The first-order chi connectivity index (χ1) is 13.2. The van der Waals surface area contributed by atoms with Gasteiger partial charge in [-0.15, -0.1) is 0 Å². The van der Waals surface area contributed by atoms with Gasteiger partial charge in [0.15, 0.2) is 0 Å². The summed E-state index contributed by atoms with van der Waals surface area (Å²) in [6, 6.07) is 16.5. The fraction of sp³-hybridized carbons (Fsp3) is 0.217. The summed E-state index contributed by atoms with van der Waals surface area (Å²) >= 11 is 6.08. The zero-order valence-electron chi connectivity index (χ0n) is 15.3. The van der Waals surface area contributed by atoms with Crippen LogP contribution in [0.15, 0.2) is 60.9 Å². The lowest BCUT2D eigenvalue weighted by molar-refractivity contribution is 0.415. The van der Waals surface area contributed by atoms with Crippen LogP contribution < -0.4 is 4.74 Å². The summed E-state index contributed by atoms with van der Waals surface area (Å²) in [5.41, 5.74) is 7.80. The Morgan fingerprint density at radius 2 is 1.63 bits per heavy atom. The van der Waals surface area contributed by atoms with Gasteiger partial charge in [-0.3, -0.25) is 0 Å². The van der Waals surface area contributed by atoms with Crippen LogP contribution in [-0.2, 0) is 13.0 Å². The van der Waals surface area contributed by atoms with Gasteiger partial charge in [0.25, 0.3) is 0 Å². The van der Waals surface area contributed by atoms with Crippen molar-refractivity contribution in [2.75, 3.05) is 7.11 Å². The zero-order valence-corrected chi connectivity index (χ0v) is 16.0. The minimum absolute atomic E-state index is 0.777. The third kappa shape index (κ3) is 2.74. The first-order valence-corrected chi connectivity index (χ1v) is 9.76. The highest BCUT2D eigenvalue weighted by Crippen LogP contribution is 2.36. The van der Waals surface area contributed by atoms with Crippen molar-refractivity contribution in [3.8, 4) is 28.1 Å². The Kier molecular flexibility index (Phi) is 3.98. The van der Waals surface area contributed by atoms with Crippen LogP contribution >= 0.6 is 11.6 Å². The summed E-state index contributed by atoms with van der Waals surface area (Å²) in [6.07, 6.45) is 8.04. The number of rotatable bonds is 3. The summed E-state index contributed by atoms with van der Waals surface area (Å²) in [5, 5.41) is 0.777. The molecule has 0 radical (unpaired) electrons. The molecule has 0 saturated carbocycles. The van der Waals surface area contributed by atoms with E-state index in [4.69, 9.17) is 16.3 Å². The molecule has 3 heterocycles. The first kappa shape index (κ1) is 16.5. The van der Waals surface area contributed by atoms with Crippen molar-refractivity contribution >= 4 is 17.2 Å². The monoisotopic (exact) mass is 376 g/mol. The average molecular weight is 377 g/mol. The molecule has 0 fully saturated rings. The number of aromatic nitrogens is 2. The third-order valence-corrected chi connectivity index (χ3v) is 5.77. The van der Waals surface area contributed by atoms with Gasteiger partial charge in [-0.1, -0.05) is 23.7 Å². The molecule has 27 heavy (non-hydrogen) atoms. The van der Waals surface area contributed by atoms with E-state index in [-0.39, 0.29) is 0 Å². The number of benzene rings is 2. The van der Waals surface area contributed by atoms with Gasteiger partial charge in [-0.05, 0) is 66.8 Å². The molecule has 2 aromatic carbocycles. The molecule has 0 spiro atoms. The Hall–Kier alpha value is -2.65. The fourth-order valence-electron chi connectivity index (χ4n) is 4.19. The second-order valence-corrected chi connectivity index (χ2v) is 7.55. The van der Waals surface area contributed by atoms with Crippen molar-refractivity contribution in [1.82, 2.24) is 8.97 Å². The second kappa shape index (κ2) is 6.50. The van der Waals surface area contributed by atoms with E-state index in [1.807, 2.05) is 24.3 Å². The van der Waals surface area contributed by atoms with Crippen molar-refractivity contribution in [2.24, 2.45) is 0 Å². The molecule has 3 nitrogen and oxygen atoms in total. The van der Waals surface area contributed by atoms with Crippen LogP contribution in [-0.4, -0.2) is 16.1 Å². The van der Waals surface area contributed by atoms with E-state index in [9.17, 15) is 0 Å². The van der Waals surface area contributed by atoms with E-state index in [0.717, 1.165) is 23.7 Å². The highest BCUT2D eigenvalue weighted by Gasteiger charge is 2.21. The quantitative estimate of drug-likeness (QED) is 0.424. The molecule has 136 valence electrons. The second-order valence-electron chi connectivity index (χ2n) is 7.11. The maximum absolute atomic E-state index is 6.08. The van der Waals surface area contributed by atoms with Gasteiger partial charge in [0.2, 0.25) is 0 Å². The lowest BCUT2D eigenvalue weighted by atomic mass is 10.0.